The molecule has 0 aliphatic rings. The molecular formula is C22H26N4O3. The molecule has 1 N–H and O–H groups in total. The number of nitrogens with zero attached hydrogens (tertiary/aromatic N) is 3. The maximum atomic E-state index is 12.4. The summed E-state index contributed by atoms with van der Waals surface area (Å²) >= 11 is 0. The van der Waals surface area contributed by atoms with Crippen molar-refractivity contribution >= 4 is 22.6 Å². The second-order valence-corrected chi connectivity index (χ2v) is 7.28. The number of benzene rings is 2. The number of fused-ring (bicyclic) bond motifs is 1. The van der Waals surface area contributed by atoms with Gasteiger partial charge in [0.15, 0.2) is 5.82 Å². The number of rotatable bonds is 6. The lowest BCUT2D eigenvalue weighted by Crippen LogP contribution is -2.35. The van der Waals surface area contributed by atoms with Gasteiger partial charge in [0.1, 0.15) is 0 Å². The number of anilines is 1. The highest BCUT2D eigenvalue weighted by Gasteiger charge is 2.23. The van der Waals surface area contributed by atoms with E-state index in [1.165, 1.54) is 11.8 Å². The maximum Gasteiger partial charge on any atom is 0.337 e. The number of carbonyl (C=O) groups excluding carboxylic acids is 1. The first-order valence-electron chi connectivity index (χ1n) is 9.40. The average Bonchev–Trinajstić information content (AvgIpc) is 2.71. The number of aryl methyl sites for hydroxylation is 1. The van der Waals surface area contributed by atoms with Crippen LogP contribution in [0.15, 0.2) is 53.3 Å². The van der Waals surface area contributed by atoms with Gasteiger partial charge in [-0.05, 0) is 44.8 Å². The van der Waals surface area contributed by atoms with Crippen molar-refractivity contribution in [2.45, 2.75) is 19.0 Å². The SMILES string of the molecule is COC(=O)c1ccc([C@@H]([C@H](C)Nc2nn(C)c(=O)c3ccccc23)N(C)C)cc1. The van der Waals surface area contributed by atoms with Gasteiger partial charge in [0.25, 0.3) is 5.56 Å². The van der Waals surface area contributed by atoms with Gasteiger partial charge in [-0.1, -0.05) is 30.3 Å². The Balaban J connectivity index is 1.94. The van der Waals surface area contributed by atoms with Crippen LogP contribution in [0, 0.1) is 0 Å². The van der Waals surface area contributed by atoms with Crippen molar-refractivity contribution in [3.8, 4) is 0 Å². The van der Waals surface area contributed by atoms with Gasteiger partial charge in [0, 0.05) is 18.5 Å². The van der Waals surface area contributed by atoms with Crippen LogP contribution >= 0.6 is 0 Å². The highest BCUT2D eigenvalue weighted by molar-refractivity contribution is 5.91. The summed E-state index contributed by atoms with van der Waals surface area (Å²) in [6, 6.07) is 14.8. The van der Waals surface area contributed by atoms with Gasteiger partial charge in [-0.25, -0.2) is 9.48 Å². The summed E-state index contributed by atoms with van der Waals surface area (Å²) in [6.07, 6.45) is 0. The van der Waals surface area contributed by atoms with Crippen LogP contribution in [0.2, 0.25) is 0 Å². The van der Waals surface area contributed by atoms with Gasteiger partial charge < -0.3 is 15.0 Å². The molecule has 0 spiro atoms. The highest BCUT2D eigenvalue weighted by Crippen LogP contribution is 2.27. The number of nitrogens with one attached hydrogen (secondary N) is 1. The molecule has 3 aromatic rings. The highest BCUT2D eigenvalue weighted by atomic mass is 16.5. The van der Waals surface area contributed by atoms with E-state index in [-0.39, 0.29) is 23.6 Å². The quantitative estimate of drug-likeness (QED) is 0.648. The molecule has 0 saturated carbocycles. The molecule has 0 fully saturated rings. The predicted molar refractivity (Wildman–Crippen MR) is 114 cm³/mol. The van der Waals surface area contributed by atoms with Crippen LogP contribution in [0.1, 0.15) is 28.9 Å². The molecule has 0 bridgehead atoms. The summed E-state index contributed by atoms with van der Waals surface area (Å²) in [5, 5.41) is 9.34. The summed E-state index contributed by atoms with van der Waals surface area (Å²) in [7, 11) is 7.03. The second-order valence-electron chi connectivity index (χ2n) is 7.28. The molecule has 7 nitrogen and oxygen atoms in total. The van der Waals surface area contributed by atoms with Gasteiger partial charge in [0.2, 0.25) is 0 Å². The summed E-state index contributed by atoms with van der Waals surface area (Å²) in [6.45, 7) is 2.07. The maximum absolute atomic E-state index is 12.4. The van der Waals surface area contributed by atoms with Gasteiger partial charge in [-0.15, -0.1) is 0 Å². The Labute approximate surface area is 169 Å². The van der Waals surface area contributed by atoms with Crippen molar-refractivity contribution in [1.82, 2.24) is 14.7 Å². The zero-order chi connectivity index (χ0) is 21.1. The molecule has 3 rings (SSSR count). The third kappa shape index (κ3) is 4.14. The number of methoxy groups -OCH3 is 1. The second kappa shape index (κ2) is 8.45. The molecular weight excluding hydrogens is 368 g/mol. The lowest BCUT2D eigenvalue weighted by Gasteiger charge is -2.31. The Morgan fingerprint density at radius 1 is 1.10 bits per heavy atom. The van der Waals surface area contributed by atoms with E-state index >= 15 is 0 Å². The Kier molecular flexibility index (Phi) is 5.98. The minimum absolute atomic E-state index is 0.0134. The number of hydrogen-bond donors (Lipinski definition) is 1. The smallest absolute Gasteiger partial charge is 0.337 e. The summed E-state index contributed by atoms with van der Waals surface area (Å²) in [5.74, 6) is 0.304. The first-order chi connectivity index (χ1) is 13.8. The fourth-order valence-electron chi connectivity index (χ4n) is 3.67. The van der Waals surface area contributed by atoms with Crippen LogP contribution < -0.4 is 10.9 Å². The van der Waals surface area contributed by atoms with E-state index in [1.54, 1.807) is 19.2 Å². The van der Waals surface area contributed by atoms with Crippen molar-refractivity contribution in [1.29, 1.82) is 0 Å². The zero-order valence-electron chi connectivity index (χ0n) is 17.3. The molecule has 1 aromatic heterocycles. The van der Waals surface area contributed by atoms with Crippen LogP contribution in [0.3, 0.4) is 0 Å². The Bertz CT molecular complexity index is 1070. The van der Waals surface area contributed by atoms with E-state index in [0.717, 1.165) is 10.9 Å². The molecule has 0 aliphatic carbocycles. The Morgan fingerprint density at radius 3 is 2.31 bits per heavy atom. The van der Waals surface area contributed by atoms with Crippen LogP contribution in [0.25, 0.3) is 10.8 Å². The number of ether oxygens (including phenoxy) is 1. The normalized spacial score (nSPS) is 13.3. The fraction of sp³-hybridized carbons (Fsp3) is 0.318. The van der Waals surface area contributed by atoms with E-state index in [0.29, 0.717) is 16.8 Å². The molecule has 0 unspecified atom stereocenters. The van der Waals surface area contributed by atoms with Crippen LogP contribution in [0.5, 0.6) is 0 Å². The van der Waals surface area contributed by atoms with Gasteiger partial charge >= 0.3 is 5.97 Å². The molecule has 7 heteroatoms. The number of carbonyl (C=O) groups is 1. The lowest BCUT2D eigenvalue weighted by atomic mass is 9.98. The Morgan fingerprint density at radius 2 is 1.72 bits per heavy atom. The van der Waals surface area contributed by atoms with Crippen molar-refractivity contribution in [3.05, 3.63) is 70.0 Å². The zero-order valence-corrected chi connectivity index (χ0v) is 17.3. The molecule has 2 atom stereocenters. The molecule has 2 aromatic carbocycles. The minimum atomic E-state index is -0.356. The van der Waals surface area contributed by atoms with Gasteiger partial charge in [-0.3, -0.25) is 4.79 Å². The summed E-state index contributed by atoms with van der Waals surface area (Å²) in [4.78, 5) is 26.2. The number of hydrogen-bond acceptors (Lipinski definition) is 6. The minimum Gasteiger partial charge on any atom is -0.465 e. The molecule has 29 heavy (non-hydrogen) atoms. The van der Waals surface area contributed by atoms with E-state index in [4.69, 9.17) is 4.74 Å². The predicted octanol–water partition coefficient (Wildman–Crippen LogP) is 2.82. The van der Waals surface area contributed by atoms with Crippen LogP contribution in [0.4, 0.5) is 5.82 Å². The summed E-state index contributed by atoms with van der Waals surface area (Å²) in [5.41, 5.74) is 1.44. The Hall–Kier alpha value is -3.19. The first-order valence-corrected chi connectivity index (χ1v) is 9.40. The van der Waals surface area contributed by atoms with Gasteiger partial charge in [0.05, 0.1) is 24.1 Å². The van der Waals surface area contributed by atoms with Crippen LogP contribution in [-0.2, 0) is 11.8 Å². The fourth-order valence-corrected chi connectivity index (χ4v) is 3.67. The molecule has 152 valence electrons. The van der Waals surface area contributed by atoms with Crippen molar-refractivity contribution in [2.24, 2.45) is 7.05 Å². The monoisotopic (exact) mass is 394 g/mol. The van der Waals surface area contributed by atoms with Gasteiger partial charge in [-0.2, -0.15) is 5.10 Å². The van der Waals surface area contributed by atoms with E-state index in [2.05, 4.69) is 22.2 Å². The summed E-state index contributed by atoms with van der Waals surface area (Å²) < 4.78 is 6.13. The number of esters is 1. The van der Waals surface area contributed by atoms with E-state index in [9.17, 15) is 9.59 Å². The average molecular weight is 394 g/mol. The van der Waals surface area contributed by atoms with Crippen molar-refractivity contribution in [2.75, 3.05) is 26.5 Å². The first kappa shape index (κ1) is 20.5. The van der Waals surface area contributed by atoms with Crippen LogP contribution in [-0.4, -0.2) is 47.9 Å². The molecule has 0 radical (unpaired) electrons. The molecule has 0 amide bonds. The number of aromatic nitrogens is 2. The molecule has 1 heterocycles. The van der Waals surface area contributed by atoms with E-state index in [1.807, 2.05) is 50.5 Å². The third-order valence-electron chi connectivity index (χ3n) is 5.02. The number of likely N-dealkylation sites (N-methyl/N-ethyl adjacent to an activating group) is 1. The largest absolute Gasteiger partial charge is 0.465 e. The molecule has 0 aliphatic heterocycles. The van der Waals surface area contributed by atoms with Crippen molar-refractivity contribution in [3.63, 3.8) is 0 Å². The topological polar surface area (TPSA) is 76.5 Å². The lowest BCUT2D eigenvalue weighted by molar-refractivity contribution is 0.0600. The van der Waals surface area contributed by atoms with Crippen molar-refractivity contribution < 1.29 is 9.53 Å². The third-order valence-corrected chi connectivity index (χ3v) is 5.02. The standard InChI is InChI=1S/C22H26N4O3/c1-14(19(25(2)3)15-10-12-16(13-11-15)22(28)29-5)23-20-17-8-6-7-9-18(17)21(27)26(4)24-20/h6-14,19H,1-5H3,(H,23,24)/t14-,19+/m0/s1. The molecule has 0 saturated heterocycles. The van der Waals surface area contributed by atoms with E-state index < -0.39 is 0 Å².